The Hall–Kier alpha value is -3.78. The first kappa shape index (κ1) is 23.9. The van der Waals surface area contributed by atoms with E-state index in [1.165, 1.54) is 16.7 Å². The fourth-order valence-corrected chi connectivity index (χ4v) is 4.62. The van der Waals surface area contributed by atoms with Crippen molar-refractivity contribution < 1.29 is 4.79 Å². The minimum atomic E-state index is 0.0436. The number of anilines is 1. The third-order valence-corrected chi connectivity index (χ3v) is 6.70. The number of likely N-dealkylation sites (tertiary alicyclic amines) is 1. The largest absolute Gasteiger partial charge is 0.365 e. The topological polar surface area (TPSA) is 87.5 Å². The lowest BCUT2D eigenvalue weighted by atomic mass is 10.1. The Morgan fingerprint density at radius 3 is 2.67 bits per heavy atom. The molecule has 0 aliphatic carbocycles. The third-order valence-electron chi connectivity index (χ3n) is 6.70. The number of nitrogens with zero attached hydrogens (tertiary/aromatic N) is 5. The summed E-state index contributed by atoms with van der Waals surface area (Å²) >= 11 is 0. The van der Waals surface area contributed by atoms with Crippen molar-refractivity contribution in [1.29, 1.82) is 0 Å². The van der Waals surface area contributed by atoms with E-state index in [1.807, 2.05) is 30.3 Å². The second-order valence-corrected chi connectivity index (χ2v) is 9.62. The van der Waals surface area contributed by atoms with Crippen molar-refractivity contribution in [2.75, 3.05) is 25.0 Å². The van der Waals surface area contributed by atoms with E-state index in [2.05, 4.69) is 74.2 Å². The van der Waals surface area contributed by atoms with Crippen LogP contribution in [0, 0.1) is 12.8 Å². The van der Waals surface area contributed by atoms with E-state index >= 15 is 0 Å². The lowest BCUT2D eigenvalue weighted by molar-refractivity contribution is -0.121. The molecule has 0 spiro atoms. The standard InChI is InChI=1S/C28H33N7O/c1-21-7-9-23(10-8-21)19-34-16-15-24(20-34)18-30-28(36)14-13-27-32-31-26-12-11-25(33-35(26)27)29-17-22-5-3-2-4-6-22/h2-12,24H,13-20H2,1H3,(H,29,33)(H,30,36)/t24-/m0/s1. The van der Waals surface area contributed by atoms with Crippen LogP contribution in [0.4, 0.5) is 5.82 Å². The molecule has 2 aromatic heterocycles. The number of fused-ring (bicyclic) bond motifs is 1. The summed E-state index contributed by atoms with van der Waals surface area (Å²) in [6.45, 7) is 6.58. The first-order valence-corrected chi connectivity index (χ1v) is 12.7. The Morgan fingerprint density at radius 2 is 1.83 bits per heavy atom. The van der Waals surface area contributed by atoms with Crippen LogP contribution in [0.2, 0.25) is 0 Å². The van der Waals surface area contributed by atoms with Gasteiger partial charge in [-0.2, -0.15) is 4.52 Å². The summed E-state index contributed by atoms with van der Waals surface area (Å²) < 4.78 is 1.72. The molecule has 2 N–H and O–H groups in total. The molecule has 0 saturated carbocycles. The maximum Gasteiger partial charge on any atom is 0.220 e. The van der Waals surface area contributed by atoms with Crippen molar-refractivity contribution in [3.05, 3.63) is 89.2 Å². The number of amides is 1. The molecule has 5 rings (SSSR count). The molecule has 3 heterocycles. The third kappa shape index (κ3) is 6.26. The van der Waals surface area contributed by atoms with Crippen LogP contribution in [-0.4, -0.2) is 50.3 Å². The average Bonchev–Trinajstić information content (AvgIpc) is 3.53. The summed E-state index contributed by atoms with van der Waals surface area (Å²) in [5.74, 6) is 1.97. The van der Waals surface area contributed by atoms with Crippen molar-refractivity contribution in [1.82, 2.24) is 30.0 Å². The van der Waals surface area contributed by atoms with Gasteiger partial charge in [0.05, 0.1) is 0 Å². The molecule has 186 valence electrons. The van der Waals surface area contributed by atoms with E-state index < -0.39 is 0 Å². The van der Waals surface area contributed by atoms with Crippen molar-refractivity contribution in [2.45, 2.75) is 39.3 Å². The second kappa shape index (κ2) is 11.3. The molecule has 1 amide bonds. The van der Waals surface area contributed by atoms with Gasteiger partial charge in [0.15, 0.2) is 11.5 Å². The van der Waals surface area contributed by atoms with Gasteiger partial charge >= 0.3 is 0 Å². The molecule has 1 saturated heterocycles. The number of carbonyl (C=O) groups is 1. The van der Waals surface area contributed by atoms with Gasteiger partial charge in [0.1, 0.15) is 5.82 Å². The summed E-state index contributed by atoms with van der Waals surface area (Å²) in [6.07, 6.45) is 1.97. The highest BCUT2D eigenvalue weighted by Gasteiger charge is 2.23. The number of aryl methyl sites for hydroxylation is 2. The summed E-state index contributed by atoms with van der Waals surface area (Å²) in [7, 11) is 0. The molecule has 1 fully saturated rings. The van der Waals surface area contributed by atoms with Crippen LogP contribution >= 0.6 is 0 Å². The van der Waals surface area contributed by atoms with Gasteiger partial charge in [-0.25, -0.2) is 0 Å². The van der Waals surface area contributed by atoms with Crippen molar-refractivity contribution in [3.8, 4) is 0 Å². The lowest BCUT2D eigenvalue weighted by Crippen LogP contribution is -2.31. The van der Waals surface area contributed by atoms with Crippen LogP contribution in [0.3, 0.4) is 0 Å². The number of nitrogens with one attached hydrogen (secondary N) is 2. The minimum absolute atomic E-state index is 0.0436. The number of hydrogen-bond donors (Lipinski definition) is 2. The van der Waals surface area contributed by atoms with Crippen LogP contribution in [0.5, 0.6) is 0 Å². The highest BCUT2D eigenvalue weighted by molar-refractivity contribution is 5.76. The Labute approximate surface area is 211 Å². The van der Waals surface area contributed by atoms with Gasteiger partial charge in [-0.1, -0.05) is 60.2 Å². The van der Waals surface area contributed by atoms with Crippen LogP contribution in [0.15, 0.2) is 66.7 Å². The first-order chi connectivity index (χ1) is 17.6. The van der Waals surface area contributed by atoms with Gasteiger partial charge in [0, 0.05) is 39.0 Å². The van der Waals surface area contributed by atoms with Crippen LogP contribution in [0.1, 0.15) is 35.4 Å². The predicted octanol–water partition coefficient (Wildman–Crippen LogP) is 3.62. The van der Waals surface area contributed by atoms with Gasteiger partial charge in [-0.15, -0.1) is 15.3 Å². The summed E-state index contributed by atoms with van der Waals surface area (Å²) in [5.41, 5.74) is 4.49. The second-order valence-electron chi connectivity index (χ2n) is 9.62. The van der Waals surface area contributed by atoms with Crippen molar-refractivity contribution in [3.63, 3.8) is 0 Å². The van der Waals surface area contributed by atoms with Gasteiger partial charge in [-0.05, 0) is 49.1 Å². The van der Waals surface area contributed by atoms with Crippen LogP contribution in [-0.2, 0) is 24.3 Å². The zero-order chi connectivity index (χ0) is 24.7. The van der Waals surface area contributed by atoms with Crippen molar-refractivity contribution >= 4 is 17.4 Å². The summed E-state index contributed by atoms with van der Waals surface area (Å²) in [4.78, 5) is 15.0. The molecule has 1 aliphatic rings. The molecule has 0 unspecified atom stereocenters. The van der Waals surface area contributed by atoms with E-state index in [0.717, 1.165) is 38.4 Å². The normalized spacial score (nSPS) is 15.9. The van der Waals surface area contributed by atoms with Crippen LogP contribution in [0.25, 0.3) is 5.65 Å². The fraction of sp³-hybridized carbons (Fsp3) is 0.357. The average molecular weight is 484 g/mol. The van der Waals surface area contributed by atoms with Gasteiger partial charge in [0.25, 0.3) is 0 Å². The number of hydrogen-bond acceptors (Lipinski definition) is 6. The molecule has 8 heteroatoms. The van der Waals surface area contributed by atoms with Gasteiger partial charge in [0.2, 0.25) is 5.91 Å². The molecule has 1 atom stereocenters. The van der Waals surface area contributed by atoms with E-state index in [0.29, 0.717) is 36.8 Å². The van der Waals surface area contributed by atoms with Crippen molar-refractivity contribution in [2.24, 2.45) is 5.92 Å². The van der Waals surface area contributed by atoms with Gasteiger partial charge < -0.3 is 10.6 Å². The fourth-order valence-electron chi connectivity index (χ4n) is 4.62. The monoisotopic (exact) mass is 483 g/mol. The van der Waals surface area contributed by atoms with Crippen LogP contribution < -0.4 is 10.6 Å². The first-order valence-electron chi connectivity index (χ1n) is 12.7. The Bertz CT molecular complexity index is 1290. The number of benzene rings is 2. The van der Waals surface area contributed by atoms with E-state index in [1.54, 1.807) is 4.52 Å². The van der Waals surface area contributed by atoms with E-state index in [-0.39, 0.29) is 5.91 Å². The molecule has 8 nitrogen and oxygen atoms in total. The Balaban J connectivity index is 1.07. The smallest absolute Gasteiger partial charge is 0.220 e. The quantitative estimate of drug-likeness (QED) is 0.358. The lowest BCUT2D eigenvalue weighted by Gasteiger charge is -2.16. The minimum Gasteiger partial charge on any atom is -0.365 e. The maximum atomic E-state index is 12.5. The van der Waals surface area contributed by atoms with E-state index in [4.69, 9.17) is 0 Å². The zero-order valence-corrected chi connectivity index (χ0v) is 20.7. The number of aromatic nitrogens is 4. The molecule has 36 heavy (non-hydrogen) atoms. The number of carbonyl (C=O) groups excluding carboxylic acids is 1. The molecular weight excluding hydrogens is 450 g/mol. The maximum absolute atomic E-state index is 12.5. The molecular formula is C28H33N7O. The van der Waals surface area contributed by atoms with Gasteiger partial charge in [-0.3, -0.25) is 9.69 Å². The molecule has 0 bridgehead atoms. The summed E-state index contributed by atoms with van der Waals surface area (Å²) in [5, 5.41) is 19.5. The summed E-state index contributed by atoms with van der Waals surface area (Å²) in [6, 6.07) is 22.7. The predicted molar refractivity (Wildman–Crippen MR) is 140 cm³/mol. The molecule has 2 aromatic carbocycles. The van der Waals surface area contributed by atoms with E-state index in [9.17, 15) is 4.79 Å². The highest BCUT2D eigenvalue weighted by Crippen LogP contribution is 2.18. The number of rotatable bonds is 10. The Morgan fingerprint density at radius 1 is 1.00 bits per heavy atom. The zero-order valence-electron chi connectivity index (χ0n) is 20.7. The SMILES string of the molecule is Cc1ccc(CN2CC[C@@H](CNC(=O)CCc3nnc4ccc(NCc5ccccc5)nn34)C2)cc1. The molecule has 0 radical (unpaired) electrons. The highest BCUT2D eigenvalue weighted by atomic mass is 16.1. The molecule has 4 aromatic rings. The Kier molecular flexibility index (Phi) is 7.52. The molecule has 1 aliphatic heterocycles.